The maximum atomic E-state index is 11.9. The third-order valence-electron chi connectivity index (χ3n) is 2.78. The zero-order chi connectivity index (χ0) is 15.9. The Hall–Kier alpha value is -3.09. The van der Waals surface area contributed by atoms with Crippen LogP contribution >= 0.6 is 0 Å². The number of pyridine rings is 1. The average Bonchev–Trinajstić information content (AvgIpc) is 2.54. The van der Waals surface area contributed by atoms with Crippen LogP contribution < -0.4 is 20.3 Å². The first kappa shape index (κ1) is 15.3. The molecule has 0 saturated carbocycles. The highest BCUT2D eigenvalue weighted by Crippen LogP contribution is 2.11. The molecule has 0 saturated heterocycles. The molecule has 0 spiro atoms. The Bertz CT molecular complexity index is 653. The second-order valence-corrected chi connectivity index (χ2v) is 4.31. The van der Waals surface area contributed by atoms with Gasteiger partial charge in [-0.3, -0.25) is 20.4 Å². The third-order valence-corrected chi connectivity index (χ3v) is 2.78. The number of carbonyl (C=O) groups is 2. The predicted molar refractivity (Wildman–Crippen MR) is 77.9 cm³/mol. The topological polar surface area (TPSA) is 94.4 Å². The molecule has 0 bridgehead atoms. The molecule has 2 amide bonds. The molecule has 114 valence electrons. The first-order chi connectivity index (χ1) is 10.6. The van der Waals surface area contributed by atoms with Gasteiger partial charge in [-0.25, -0.2) is 0 Å². The molecular weight excluding hydrogens is 286 g/mol. The van der Waals surface area contributed by atoms with Crippen molar-refractivity contribution in [2.45, 2.75) is 6.92 Å². The van der Waals surface area contributed by atoms with E-state index in [1.807, 2.05) is 6.92 Å². The van der Waals surface area contributed by atoms with Gasteiger partial charge in [0.2, 0.25) is 0 Å². The molecule has 1 aromatic heterocycles. The number of hydrogen-bond donors (Lipinski definition) is 2. The van der Waals surface area contributed by atoms with Gasteiger partial charge in [0.25, 0.3) is 11.8 Å². The lowest BCUT2D eigenvalue weighted by Crippen LogP contribution is -2.41. The Kier molecular flexibility index (Phi) is 4.92. The number of ether oxygens (including phenoxy) is 1. The molecule has 1 heterocycles. The van der Waals surface area contributed by atoms with E-state index in [4.69, 9.17) is 4.74 Å². The smallest absolute Gasteiger partial charge is 0.270 e. The van der Waals surface area contributed by atoms with Gasteiger partial charge in [0.15, 0.2) is 12.4 Å². The number of amides is 2. The van der Waals surface area contributed by atoms with Crippen LogP contribution in [-0.4, -0.2) is 18.4 Å². The Labute approximate surface area is 127 Å². The molecule has 0 radical (unpaired) electrons. The van der Waals surface area contributed by atoms with E-state index in [-0.39, 0.29) is 5.56 Å². The summed E-state index contributed by atoms with van der Waals surface area (Å²) in [6, 6.07) is 9.23. The van der Waals surface area contributed by atoms with Crippen molar-refractivity contribution in [1.82, 2.24) is 10.9 Å². The van der Waals surface area contributed by atoms with Crippen molar-refractivity contribution in [3.05, 3.63) is 65.1 Å². The first-order valence-corrected chi connectivity index (χ1v) is 6.62. The maximum Gasteiger partial charge on any atom is 0.270 e. The molecule has 7 heteroatoms. The molecule has 0 aliphatic carbocycles. The van der Waals surface area contributed by atoms with Crippen molar-refractivity contribution in [1.29, 1.82) is 0 Å². The minimum Gasteiger partial charge on any atom is -0.619 e. The Balaban J connectivity index is 1.91. The normalized spacial score (nSPS) is 9.86. The Morgan fingerprint density at radius 3 is 2.00 bits per heavy atom. The number of rotatable bonds is 4. The summed E-state index contributed by atoms with van der Waals surface area (Å²) in [5.41, 5.74) is 5.22. The molecule has 0 unspecified atom stereocenters. The van der Waals surface area contributed by atoms with Crippen molar-refractivity contribution in [2.75, 3.05) is 6.61 Å². The number of nitrogens with one attached hydrogen (secondary N) is 2. The van der Waals surface area contributed by atoms with Crippen molar-refractivity contribution in [2.24, 2.45) is 0 Å². The Morgan fingerprint density at radius 1 is 1.00 bits per heavy atom. The van der Waals surface area contributed by atoms with E-state index in [1.54, 1.807) is 24.3 Å². The minimum absolute atomic E-state index is 0.263. The number of aromatic nitrogens is 1. The fourth-order valence-corrected chi connectivity index (χ4v) is 1.69. The molecule has 1 aromatic carbocycles. The second kappa shape index (κ2) is 7.07. The van der Waals surface area contributed by atoms with Crippen LogP contribution in [0.4, 0.5) is 0 Å². The fourth-order valence-electron chi connectivity index (χ4n) is 1.69. The summed E-state index contributed by atoms with van der Waals surface area (Å²) in [6.07, 6.45) is 2.40. The monoisotopic (exact) mass is 301 g/mol. The van der Waals surface area contributed by atoms with Crippen molar-refractivity contribution < 1.29 is 19.1 Å². The number of benzene rings is 1. The van der Waals surface area contributed by atoms with Crippen molar-refractivity contribution in [3.63, 3.8) is 0 Å². The lowest BCUT2D eigenvalue weighted by molar-refractivity contribution is -0.605. The van der Waals surface area contributed by atoms with Crippen LogP contribution in [0.3, 0.4) is 0 Å². The van der Waals surface area contributed by atoms with E-state index < -0.39 is 11.8 Å². The molecular formula is C15H15N3O4. The summed E-state index contributed by atoms with van der Waals surface area (Å²) in [5, 5.41) is 10.9. The molecule has 2 aromatic rings. The van der Waals surface area contributed by atoms with E-state index >= 15 is 0 Å². The summed E-state index contributed by atoms with van der Waals surface area (Å²) in [4.78, 5) is 23.7. The highest BCUT2D eigenvalue weighted by Gasteiger charge is 2.10. The summed E-state index contributed by atoms with van der Waals surface area (Å²) in [7, 11) is 0. The number of nitrogens with zero attached hydrogens (tertiary/aromatic N) is 1. The average molecular weight is 301 g/mol. The molecule has 0 aliphatic heterocycles. The highest BCUT2D eigenvalue weighted by molar-refractivity contribution is 5.98. The van der Waals surface area contributed by atoms with Gasteiger partial charge < -0.3 is 9.94 Å². The molecule has 7 nitrogen and oxygen atoms in total. The van der Waals surface area contributed by atoms with E-state index in [9.17, 15) is 14.8 Å². The number of hydrogen-bond acceptors (Lipinski definition) is 4. The molecule has 0 aliphatic rings. The quantitative estimate of drug-likeness (QED) is 0.496. The number of carbonyl (C=O) groups excluding carboxylic acids is 2. The lowest BCUT2D eigenvalue weighted by Gasteiger charge is -2.08. The van der Waals surface area contributed by atoms with Crippen LogP contribution in [0.5, 0.6) is 5.75 Å². The number of hydrazine groups is 1. The van der Waals surface area contributed by atoms with Crippen LogP contribution in [-0.2, 0) is 0 Å². The van der Waals surface area contributed by atoms with Crippen molar-refractivity contribution in [3.8, 4) is 5.75 Å². The van der Waals surface area contributed by atoms with Gasteiger partial charge in [0.1, 0.15) is 5.75 Å². The summed E-state index contributed by atoms with van der Waals surface area (Å²) in [6.45, 7) is 2.41. The second-order valence-electron chi connectivity index (χ2n) is 4.31. The van der Waals surface area contributed by atoms with Gasteiger partial charge in [0, 0.05) is 17.7 Å². The highest BCUT2D eigenvalue weighted by atomic mass is 16.5. The van der Waals surface area contributed by atoms with E-state index in [0.29, 0.717) is 22.7 Å². The van der Waals surface area contributed by atoms with Crippen LogP contribution in [0.2, 0.25) is 0 Å². The Morgan fingerprint density at radius 2 is 1.50 bits per heavy atom. The molecule has 2 N–H and O–H groups in total. The summed E-state index contributed by atoms with van der Waals surface area (Å²) < 4.78 is 5.84. The maximum absolute atomic E-state index is 11.9. The van der Waals surface area contributed by atoms with E-state index in [0.717, 1.165) is 0 Å². The van der Waals surface area contributed by atoms with Gasteiger partial charge in [-0.2, -0.15) is 4.73 Å². The van der Waals surface area contributed by atoms with Gasteiger partial charge in [-0.05, 0) is 31.2 Å². The molecule has 2 rings (SSSR count). The van der Waals surface area contributed by atoms with Crippen LogP contribution in [0, 0.1) is 5.21 Å². The van der Waals surface area contributed by atoms with Crippen LogP contribution in [0.25, 0.3) is 0 Å². The molecule has 0 atom stereocenters. The molecule has 22 heavy (non-hydrogen) atoms. The standard InChI is InChI=1S/C15H15N3O4/c1-2-22-13-5-3-11(4-6-13)14(19)16-17-15(20)12-7-9-18(21)10-8-12/h3-10H,2H2,1H3,(H,16,19)(H,17,20). The SMILES string of the molecule is CCOc1ccc(C(=O)NNC(=O)c2cc[n+]([O-])cc2)cc1. The largest absolute Gasteiger partial charge is 0.619 e. The van der Waals surface area contributed by atoms with Gasteiger partial charge in [0.05, 0.1) is 12.2 Å². The lowest BCUT2D eigenvalue weighted by atomic mass is 10.2. The van der Waals surface area contributed by atoms with Gasteiger partial charge >= 0.3 is 0 Å². The van der Waals surface area contributed by atoms with E-state index in [1.165, 1.54) is 24.5 Å². The van der Waals surface area contributed by atoms with Crippen molar-refractivity contribution >= 4 is 11.8 Å². The zero-order valence-electron chi connectivity index (χ0n) is 11.9. The molecule has 0 fully saturated rings. The van der Waals surface area contributed by atoms with Gasteiger partial charge in [-0.15, -0.1) is 0 Å². The fraction of sp³-hybridized carbons (Fsp3) is 0.133. The van der Waals surface area contributed by atoms with E-state index in [2.05, 4.69) is 10.9 Å². The van der Waals surface area contributed by atoms with Gasteiger partial charge in [-0.1, -0.05) is 0 Å². The summed E-state index contributed by atoms with van der Waals surface area (Å²) >= 11 is 0. The van der Waals surface area contributed by atoms with Crippen LogP contribution in [0.1, 0.15) is 27.6 Å². The minimum atomic E-state index is -0.514. The first-order valence-electron chi connectivity index (χ1n) is 6.62. The zero-order valence-corrected chi connectivity index (χ0v) is 11.9. The summed E-state index contributed by atoms with van der Waals surface area (Å²) in [5.74, 6) is -0.301. The predicted octanol–water partition coefficient (Wildman–Crippen LogP) is 0.793. The van der Waals surface area contributed by atoms with Crippen LogP contribution in [0.15, 0.2) is 48.8 Å². The third kappa shape index (κ3) is 3.95.